The minimum Gasteiger partial charge on any atom is -0.465 e. The Morgan fingerprint density at radius 1 is 0.980 bits per heavy atom. The molecule has 5 N–H and O–H groups in total. The number of hydrogen-bond acceptors (Lipinski definition) is 11. The van der Waals surface area contributed by atoms with Crippen LogP contribution >= 0.6 is 7.44 Å². The molecule has 1 aliphatic rings. The molecule has 0 spiro atoms. The lowest BCUT2D eigenvalue weighted by atomic mass is 10.1. The van der Waals surface area contributed by atoms with Crippen LogP contribution < -0.4 is 21.5 Å². The molecule has 5 rings (SSSR count). The number of nitrogens with one attached hydrogen (secondary N) is 3. The van der Waals surface area contributed by atoms with E-state index in [4.69, 9.17) is 24.7 Å². The van der Waals surface area contributed by atoms with E-state index in [1.807, 2.05) is 74.5 Å². The number of nitrogens with zero attached hydrogens (tertiary/aromatic N) is 3. The Morgan fingerprint density at radius 2 is 1.54 bits per heavy atom. The van der Waals surface area contributed by atoms with Crippen LogP contribution in [0.3, 0.4) is 0 Å². The summed E-state index contributed by atoms with van der Waals surface area (Å²) in [5, 5.41) is 6.07. The zero-order valence-electron chi connectivity index (χ0n) is 28.2. The average Bonchev–Trinajstić information content (AvgIpc) is 3.76. The standard InChI is InChI=1S/C34H44N7O8P/c1-3-15-46-32(43)26(17-23-11-7-5-8-12-23)39-50(45,40-27(33(44)47-16-4-2)18-24-13-9-6-10-14-24)22-49-25-19-28(48-20-25)41-21-36-29-30(41)37-34(35)38-31(29)42/h5-14,21,25-28H,3-4,15-20,22H2,1-2H3,(H2,39,40,45)(H3,35,37,38,42)/t25-,26+,27+,28-/m1/s1. The SMILES string of the molecule is CCCOC(=O)[C@H](Cc1ccccc1)NP(=O)(CO[C@H]1CO[C@@H](n2cnc3c(=O)[nH]c(N)nc32)C1)N[C@@H](Cc1ccccc1)C(=O)OCCC. The molecule has 15 nitrogen and oxygen atoms in total. The predicted octanol–water partition coefficient (Wildman–Crippen LogP) is 3.46. The second kappa shape index (κ2) is 17.5. The molecule has 16 heteroatoms. The molecule has 4 atom stereocenters. The number of esters is 2. The van der Waals surface area contributed by atoms with Crippen LogP contribution in [0.2, 0.25) is 0 Å². The van der Waals surface area contributed by atoms with E-state index in [1.54, 1.807) is 4.57 Å². The number of benzene rings is 2. The summed E-state index contributed by atoms with van der Waals surface area (Å²) in [6.07, 6.45) is 1.77. The Kier molecular flexibility index (Phi) is 12.9. The summed E-state index contributed by atoms with van der Waals surface area (Å²) in [6.45, 7) is 4.28. The second-order valence-corrected chi connectivity index (χ2v) is 14.3. The lowest BCUT2D eigenvalue weighted by molar-refractivity contribution is -0.146. The van der Waals surface area contributed by atoms with E-state index in [9.17, 15) is 14.4 Å². The van der Waals surface area contributed by atoms with Gasteiger partial charge in [-0.1, -0.05) is 74.5 Å². The molecular weight excluding hydrogens is 665 g/mol. The Balaban J connectivity index is 1.39. The van der Waals surface area contributed by atoms with E-state index < -0.39 is 55.7 Å². The van der Waals surface area contributed by atoms with Crippen LogP contribution in [0.1, 0.15) is 50.5 Å². The fourth-order valence-corrected chi connectivity index (χ4v) is 7.58. The molecule has 0 radical (unpaired) electrons. The number of H-pyrrole nitrogens is 1. The molecule has 1 fully saturated rings. The first kappa shape index (κ1) is 36.9. The molecule has 2 aromatic carbocycles. The van der Waals surface area contributed by atoms with E-state index in [1.165, 1.54) is 6.33 Å². The quantitative estimate of drug-likeness (QED) is 0.0865. The minimum atomic E-state index is -3.93. The van der Waals surface area contributed by atoms with Crippen LogP contribution in [-0.4, -0.2) is 75.8 Å². The predicted molar refractivity (Wildman–Crippen MR) is 186 cm³/mol. The number of carbonyl (C=O) groups excluding carboxylic acids is 2. The number of rotatable bonds is 18. The molecule has 0 bridgehead atoms. The number of ether oxygens (including phenoxy) is 4. The lowest BCUT2D eigenvalue weighted by Gasteiger charge is -2.29. The van der Waals surface area contributed by atoms with E-state index in [2.05, 4.69) is 25.1 Å². The summed E-state index contributed by atoms with van der Waals surface area (Å²) < 4.78 is 39.8. The highest BCUT2D eigenvalue weighted by atomic mass is 31.2. The van der Waals surface area contributed by atoms with E-state index >= 15 is 4.57 Å². The Hall–Kier alpha value is -4.40. The molecule has 3 heterocycles. The number of hydrogen-bond donors (Lipinski definition) is 4. The highest BCUT2D eigenvalue weighted by molar-refractivity contribution is 7.59. The van der Waals surface area contributed by atoms with Gasteiger partial charge in [0.1, 0.15) is 24.7 Å². The first-order valence-corrected chi connectivity index (χ1v) is 18.6. The molecule has 1 aliphatic heterocycles. The molecule has 50 heavy (non-hydrogen) atoms. The van der Waals surface area contributed by atoms with Gasteiger partial charge in [0.15, 0.2) is 11.2 Å². The second-order valence-electron chi connectivity index (χ2n) is 12.0. The van der Waals surface area contributed by atoms with Gasteiger partial charge in [-0.05, 0) is 36.8 Å². The molecular formula is C34H44N7O8P. The minimum absolute atomic E-state index is 0.0572. The smallest absolute Gasteiger partial charge is 0.323 e. The first-order chi connectivity index (χ1) is 24.2. The Morgan fingerprint density at radius 3 is 2.08 bits per heavy atom. The van der Waals surface area contributed by atoms with Gasteiger partial charge >= 0.3 is 11.9 Å². The normalized spacial score (nSPS) is 17.4. The van der Waals surface area contributed by atoms with Crippen LogP contribution in [0, 0.1) is 0 Å². The van der Waals surface area contributed by atoms with Gasteiger partial charge in [-0.3, -0.25) is 28.5 Å². The molecule has 4 aromatic rings. The van der Waals surface area contributed by atoms with Crippen LogP contribution in [0.5, 0.6) is 0 Å². The van der Waals surface area contributed by atoms with Gasteiger partial charge in [0, 0.05) is 6.42 Å². The highest BCUT2D eigenvalue weighted by Crippen LogP contribution is 2.40. The number of carbonyl (C=O) groups is 2. The van der Waals surface area contributed by atoms with Crippen molar-refractivity contribution in [3.05, 3.63) is 88.5 Å². The fraction of sp³-hybridized carbons (Fsp3) is 0.441. The third kappa shape index (κ3) is 9.86. The molecule has 268 valence electrons. The van der Waals surface area contributed by atoms with Crippen molar-refractivity contribution in [3.63, 3.8) is 0 Å². The molecule has 0 amide bonds. The fourth-order valence-electron chi connectivity index (χ4n) is 5.54. The molecule has 0 aliphatic carbocycles. The van der Waals surface area contributed by atoms with Gasteiger partial charge in [0.2, 0.25) is 13.4 Å². The maximum atomic E-state index is 15.0. The number of aromatic nitrogens is 4. The van der Waals surface area contributed by atoms with Crippen molar-refractivity contribution in [1.29, 1.82) is 0 Å². The monoisotopic (exact) mass is 709 g/mol. The molecule has 1 saturated heterocycles. The van der Waals surface area contributed by atoms with Crippen molar-refractivity contribution in [3.8, 4) is 0 Å². The largest absolute Gasteiger partial charge is 0.465 e. The summed E-state index contributed by atoms with van der Waals surface area (Å²) >= 11 is 0. The molecule has 0 saturated carbocycles. The molecule has 0 unspecified atom stereocenters. The van der Waals surface area contributed by atoms with E-state index in [-0.39, 0.29) is 49.8 Å². The van der Waals surface area contributed by atoms with E-state index in [0.717, 1.165) is 11.1 Å². The van der Waals surface area contributed by atoms with Gasteiger partial charge < -0.3 is 24.7 Å². The van der Waals surface area contributed by atoms with Crippen LogP contribution in [-0.2, 0) is 45.9 Å². The van der Waals surface area contributed by atoms with Crippen LogP contribution in [0.15, 0.2) is 71.8 Å². The summed E-state index contributed by atoms with van der Waals surface area (Å²) in [7, 11) is -3.93. The van der Waals surface area contributed by atoms with Gasteiger partial charge in [-0.15, -0.1) is 0 Å². The number of anilines is 1. The number of fused-ring (bicyclic) bond motifs is 1. The first-order valence-electron chi connectivity index (χ1n) is 16.7. The number of imidazole rings is 1. The maximum absolute atomic E-state index is 15.0. The van der Waals surface area contributed by atoms with Crippen LogP contribution in [0.25, 0.3) is 11.2 Å². The summed E-state index contributed by atoms with van der Waals surface area (Å²) in [6, 6.07) is 16.5. The highest BCUT2D eigenvalue weighted by Gasteiger charge is 2.38. The summed E-state index contributed by atoms with van der Waals surface area (Å²) in [5.41, 5.74) is 7.31. The summed E-state index contributed by atoms with van der Waals surface area (Å²) in [5.74, 6) is -1.22. The van der Waals surface area contributed by atoms with Crippen molar-refractivity contribution in [2.45, 2.75) is 70.4 Å². The number of nitrogen functional groups attached to an aromatic ring is 1. The Bertz CT molecular complexity index is 1750. The number of nitrogens with two attached hydrogens (primary N) is 1. The van der Waals surface area contributed by atoms with Crippen molar-refractivity contribution < 1.29 is 33.1 Å². The topological polar surface area (TPSA) is 202 Å². The lowest BCUT2D eigenvalue weighted by Crippen LogP contribution is -2.47. The zero-order valence-corrected chi connectivity index (χ0v) is 29.1. The van der Waals surface area contributed by atoms with Gasteiger partial charge in [0.25, 0.3) is 5.56 Å². The van der Waals surface area contributed by atoms with Crippen molar-refractivity contribution >= 4 is 36.5 Å². The third-order valence-electron chi connectivity index (χ3n) is 7.95. The summed E-state index contributed by atoms with van der Waals surface area (Å²) in [4.78, 5) is 49.9. The van der Waals surface area contributed by atoms with Gasteiger partial charge in [-0.25, -0.2) is 15.2 Å². The Labute approximate surface area is 289 Å². The number of aromatic amines is 1. The zero-order chi connectivity index (χ0) is 35.5. The van der Waals surface area contributed by atoms with Crippen molar-refractivity contribution in [2.24, 2.45) is 0 Å². The van der Waals surface area contributed by atoms with Gasteiger partial charge in [-0.2, -0.15) is 4.98 Å². The van der Waals surface area contributed by atoms with E-state index in [0.29, 0.717) is 19.3 Å². The maximum Gasteiger partial charge on any atom is 0.323 e. The molecule has 2 aromatic heterocycles. The van der Waals surface area contributed by atoms with Gasteiger partial charge in [0.05, 0.1) is 32.3 Å². The van der Waals surface area contributed by atoms with Crippen molar-refractivity contribution in [1.82, 2.24) is 29.7 Å². The average molecular weight is 710 g/mol. The third-order valence-corrected chi connectivity index (χ3v) is 9.92. The van der Waals surface area contributed by atoms with Crippen LogP contribution in [0.4, 0.5) is 5.95 Å². The van der Waals surface area contributed by atoms with Crippen molar-refractivity contribution in [2.75, 3.05) is 31.9 Å².